The number of rotatable bonds is 5. The lowest BCUT2D eigenvalue weighted by Crippen LogP contribution is -2.51. The molecule has 0 saturated carbocycles. The maximum atomic E-state index is 13.2. The molecule has 1 saturated heterocycles. The second-order valence-corrected chi connectivity index (χ2v) is 7.94. The Morgan fingerprint density at radius 1 is 1.03 bits per heavy atom. The van der Waals surface area contributed by atoms with Crippen LogP contribution in [-0.4, -0.2) is 66.4 Å². The lowest BCUT2D eigenvalue weighted by molar-refractivity contribution is -0.133. The van der Waals surface area contributed by atoms with Crippen LogP contribution in [0, 0.1) is 0 Å². The summed E-state index contributed by atoms with van der Waals surface area (Å²) in [6, 6.07) is 12.8. The van der Waals surface area contributed by atoms with E-state index in [1.165, 1.54) is 0 Å². The van der Waals surface area contributed by atoms with Crippen LogP contribution in [0.5, 0.6) is 17.2 Å². The van der Waals surface area contributed by atoms with Crippen molar-refractivity contribution in [2.45, 2.75) is 13.5 Å². The minimum Gasteiger partial charge on any atom is -0.486 e. The van der Waals surface area contributed by atoms with Crippen molar-refractivity contribution in [3.05, 3.63) is 52.8 Å². The zero-order chi connectivity index (χ0) is 22.8. The summed E-state index contributed by atoms with van der Waals surface area (Å²) in [5, 5.41) is 0.511. The highest BCUT2D eigenvalue weighted by atomic mass is 16.6. The summed E-state index contributed by atoms with van der Waals surface area (Å²) in [7, 11) is 0. The summed E-state index contributed by atoms with van der Waals surface area (Å²) in [5.41, 5.74) is 0.475. The Kier molecular flexibility index (Phi) is 5.77. The van der Waals surface area contributed by atoms with Crippen molar-refractivity contribution in [1.29, 1.82) is 0 Å². The summed E-state index contributed by atoms with van der Waals surface area (Å²) in [6.07, 6.45) is 0. The molecule has 0 aliphatic carbocycles. The molecule has 0 bridgehead atoms. The van der Waals surface area contributed by atoms with E-state index in [0.29, 0.717) is 80.0 Å². The van der Waals surface area contributed by atoms with Crippen LogP contribution in [0.3, 0.4) is 0 Å². The second kappa shape index (κ2) is 9.01. The fraction of sp³-hybridized carbons (Fsp3) is 0.375. The molecule has 9 nitrogen and oxygen atoms in total. The molecule has 3 aromatic rings. The zero-order valence-corrected chi connectivity index (χ0v) is 18.5. The summed E-state index contributed by atoms with van der Waals surface area (Å²) >= 11 is 0. The van der Waals surface area contributed by atoms with Crippen LogP contribution >= 0.6 is 0 Å². The molecule has 2 aliphatic rings. The molecule has 0 unspecified atom stereocenters. The molecular formula is C24H26N4O5. The van der Waals surface area contributed by atoms with Crippen LogP contribution in [0.15, 0.2) is 47.3 Å². The molecule has 0 radical (unpaired) electrons. The third-order valence-electron chi connectivity index (χ3n) is 5.93. The summed E-state index contributed by atoms with van der Waals surface area (Å²) < 4.78 is 18.6. The highest BCUT2D eigenvalue weighted by Crippen LogP contribution is 2.33. The van der Waals surface area contributed by atoms with Gasteiger partial charge in [-0.15, -0.1) is 0 Å². The van der Waals surface area contributed by atoms with Gasteiger partial charge in [-0.1, -0.05) is 18.2 Å². The molecule has 2 aliphatic heterocycles. The number of nitrogens with zero attached hydrogens (tertiary/aromatic N) is 4. The predicted molar refractivity (Wildman–Crippen MR) is 123 cm³/mol. The Morgan fingerprint density at radius 3 is 2.42 bits per heavy atom. The van der Waals surface area contributed by atoms with Gasteiger partial charge in [0.05, 0.1) is 10.9 Å². The predicted octanol–water partition coefficient (Wildman–Crippen LogP) is 1.92. The molecule has 1 aromatic heterocycles. The first-order valence-electron chi connectivity index (χ1n) is 11.2. The fourth-order valence-corrected chi connectivity index (χ4v) is 4.18. The van der Waals surface area contributed by atoms with E-state index in [0.717, 1.165) is 0 Å². The second-order valence-electron chi connectivity index (χ2n) is 7.94. The van der Waals surface area contributed by atoms with E-state index in [9.17, 15) is 9.59 Å². The third-order valence-corrected chi connectivity index (χ3v) is 5.93. The number of anilines is 1. The molecule has 0 spiro atoms. The van der Waals surface area contributed by atoms with E-state index in [2.05, 4.69) is 4.90 Å². The molecule has 33 heavy (non-hydrogen) atoms. The minimum atomic E-state index is -0.107. The van der Waals surface area contributed by atoms with E-state index in [1.54, 1.807) is 21.6 Å². The molecule has 9 heteroatoms. The van der Waals surface area contributed by atoms with Gasteiger partial charge >= 0.3 is 0 Å². The Morgan fingerprint density at radius 2 is 1.73 bits per heavy atom. The highest BCUT2D eigenvalue weighted by molar-refractivity contribution is 5.83. The molecule has 1 fully saturated rings. The van der Waals surface area contributed by atoms with Crippen LogP contribution in [0.1, 0.15) is 6.92 Å². The van der Waals surface area contributed by atoms with E-state index < -0.39 is 0 Å². The standard InChI is InChI=1S/C24H26N4O5/c1-2-28-23(30)18-14-20-21(32-13-12-31-20)15-19(18)25-24(28)27-10-8-26(9-11-27)22(29)16-33-17-6-4-3-5-7-17/h3-7,14-15H,2,8-13,16H2,1H3. The van der Waals surface area contributed by atoms with Crippen LogP contribution < -0.4 is 24.7 Å². The van der Waals surface area contributed by atoms with E-state index >= 15 is 0 Å². The number of carbonyl (C=O) groups excluding carboxylic acids is 1. The van der Waals surface area contributed by atoms with Gasteiger partial charge in [0.25, 0.3) is 11.5 Å². The van der Waals surface area contributed by atoms with Gasteiger partial charge in [-0.05, 0) is 25.1 Å². The Labute approximate surface area is 191 Å². The number of para-hydroxylation sites is 1. The Balaban J connectivity index is 1.32. The average Bonchev–Trinajstić information content (AvgIpc) is 2.87. The van der Waals surface area contributed by atoms with Crippen molar-refractivity contribution in [1.82, 2.24) is 14.5 Å². The lowest BCUT2D eigenvalue weighted by atomic mass is 10.2. The fourth-order valence-electron chi connectivity index (χ4n) is 4.18. The number of aromatic nitrogens is 2. The Hall–Kier alpha value is -3.75. The van der Waals surface area contributed by atoms with Crippen LogP contribution in [-0.2, 0) is 11.3 Å². The SMILES string of the molecule is CCn1c(N2CCN(C(=O)COc3ccccc3)CC2)nc2cc3c(cc2c1=O)OCCO3. The number of carbonyl (C=O) groups is 1. The molecule has 3 heterocycles. The lowest BCUT2D eigenvalue weighted by Gasteiger charge is -2.36. The first-order chi connectivity index (χ1) is 16.1. The van der Waals surface area contributed by atoms with E-state index in [4.69, 9.17) is 19.2 Å². The van der Waals surface area contributed by atoms with Gasteiger partial charge in [0.15, 0.2) is 18.1 Å². The van der Waals surface area contributed by atoms with Gasteiger partial charge in [-0.2, -0.15) is 0 Å². The van der Waals surface area contributed by atoms with Crippen LogP contribution in [0.25, 0.3) is 10.9 Å². The van der Waals surface area contributed by atoms with Gasteiger partial charge in [-0.3, -0.25) is 14.2 Å². The van der Waals surface area contributed by atoms with Gasteiger partial charge in [0.2, 0.25) is 5.95 Å². The van der Waals surface area contributed by atoms with Gasteiger partial charge in [0.1, 0.15) is 19.0 Å². The number of fused-ring (bicyclic) bond motifs is 2. The molecular weight excluding hydrogens is 424 g/mol. The molecule has 1 amide bonds. The monoisotopic (exact) mass is 450 g/mol. The largest absolute Gasteiger partial charge is 0.486 e. The number of hydrogen-bond donors (Lipinski definition) is 0. The third kappa shape index (κ3) is 4.18. The Bertz CT molecular complexity index is 1220. The summed E-state index contributed by atoms with van der Waals surface area (Å²) in [5.74, 6) is 2.41. The van der Waals surface area contributed by atoms with Gasteiger partial charge < -0.3 is 24.0 Å². The van der Waals surface area contributed by atoms with Gasteiger partial charge in [0, 0.05) is 38.8 Å². The maximum absolute atomic E-state index is 13.2. The minimum absolute atomic E-state index is 0.00505. The van der Waals surface area contributed by atoms with Crippen molar-refractivity contribution in [3.8, 4) is 17.2 Å². The van der Waals surface area contributed by atoms with Crippen molar-refractivity contribution in [2.24, 2.45) is 0 Å². The smallest absolute Gasteiger partial charge is 0.262 e. The van der Waals surface area contributed by atoms with Crippen molar-refractivity contribution in [3.63, 3.8) is 0 Å². The molecule has 0 N–H and O–H groups in total. The quantitative estimate of drug-likeness (QED) is 0.587. The first kappa shape index (κ1) is 21.1. The van der Waals surface area contributed by atoms with Crippen molar-refractivity contribution in [2.75, 3.05) is 50.9 Å². The summed E-state index contributed by atoms with van der Waals surface area (Å²) in [6.45, 7) is 5.61. The van der Waals surface area contributed by atoms with Crippen LogP contribution in [0.4, 0.5) is 5.95 Å². The van der Waals surface area contributed by atoms with Crippen LogP contribution in [0.2, 0.25) is 0 Å². The molecule has 2 aromatic carbocycles. The normalized spacial score (nSPS) is 15.5. The summed E-state index contributed by atoms with van der Waals surface area (Å²) in [4.78, 5) is 34.5. The number of ether oxygens (including phenoxy) is 3. The van der Waals surface area contributed by atoms with Crippen molar-refractivity contribution < 1.29 is 19.0 Å². The first-order valence-corrected chi connectivity index (χ1v) is 11.2. The molecule has 0 atom stereocenters. The maximum Gasteiger partial charge on any atom is 0.262 e. The number of benzene rings is 2. The number of hydrogen-bond acceptors (Lipinski definition) is 7. The van der Waals surface area contributed by atoms with Crippen molar-refractivity contribution >= 4 is 22.8 Å². The molecule has 5 rings (SSSR count). The van der Waals surface area contributed by atoms with Gasteiger partial charge in [-0.25, -0.2) is 4.98 Å². The van der Waals surface area contributed by atoms with E-state index in [1.807, 2.05) is 37.3 Å². The molecule has 172 valence electrons. The zero-order valence-electron chi connectivity index (χ0n) is 18.5. The van der Waals surface area contributed by atoms with E-state index in [-0.39, 0.29) is 18.1 Å². The topological polar surface area (TPSA) is 86.1 Å². The highest BCUT2D eigenvalue weighted by Gasteiger charge is 2.25. The average molecular weight is 450 g/mol. The number of amides is 1. The number of piperazine rings is 1.